The number of nitrogens with zero attached hydrogens (tertiary/aromatic N) is 5. The van der Waals surface area contributed by atoms with Crippen molar-refractivity contribution in [2.24, 2.45) is 5.92 Å². The summed E-state index contributed by atoms with van der Waals surface area (Å²) < 4.78 is 0. The number of aliphatic hydroxyl groups is 2. The fraction of sp³-hybridized carbons (Fsp3) is 0.410. The predicted octanol–water partition coefficient (Wildman–Crippen LogP) is 3.83. The first kappa shape index (κ1) is 35.3. The van der Waals surface area contributed by atoms with Crippen LogP contribution in [0.4, 0.5) is 22.7 Å². The molecule has 3 aromatic rings. The standard InChI is InChI=1S/C39H44N6O7/c1-27(7-5-11-35(47)41-22-6-10-32(41)25-46)39(50)33-23-31(45(51)52)16-17-34(33)42(37(39)49)24-28-12-14-29(15-13-28)43-26-44(30-8-3-2-4-9-30)38(36(43)48)18-20-40-21-19-38/h2-5,7-9,12-17,23,27,32,40,46,50H,6,10-11,18-22,24-26H2,1H3/b7-5+/t27-,32+,39+/m1/s1. The number of fused-ring (bicyclic) bond motifs is 1. The van der Waals surface area contributed by atoms with Crippen LogP contribution >= 0.6 is 0 Å². The molecular formula is C39H44N6O7. The Morgan fingerprint density at radius 1 is 1.04 bits per heavy atom. The topological polar surface area (TPSA) is 160 Å². The number of hydrogen-bond acceptors (Lipinski definition) is 9. The summed E-state index contributed by atoms with van der Waals surface area (Å²) >= 11 is 0. The van der Waals surface area contributed by atoms with Gasteiger partial charge in [0.1, 0.15) is 5.54 Å². The van der Waals surface area contributed by atoms with Gasteiger partial charge in [-0.15, -0.1) is 0 Å². The quantitative estimate of drug-likeness (QED) is 0.162. The van der Waals surface area contributed by atoms with Crippen LogP contribution in [0.3, 0.4) is 0 Å². The number of nitro benzene ring substituents is 1. The predicted molar refractivity (Wildman–Crippen MR) is 195 cm³/mol. The van der Waals surface area contributed by atoms with Crippen molar-refractivity contribution in [3.8, 4) is 0 Å². The van der Waals surface area contributed by atoms with Gasteiger partial charge in [0.25, 0.3) is 17.5 Å². The Bertz CT molecular complexity index is 1880. The van der Waals surface area contributed by atoms with Crippen LogP contribution in [0, 0.1) is 16.0 Å². The molecule has 0 aromatic heterocycles. The van der Waals surface area contributed by atoms with Crippen LogP contribution in [0.25, 0.3) is 0 Å². The maximum Gasteiger partial charge on any atom is 0.269 e. The zero-order valence-electron chi connectivity index (χ0n) is 29.2. The van der Waals surface area contributed by atoms with Crippen molar-refractivity contribution in [2.75, 3.05) is 47.6 Å². The molecule has 3 aromatic carbocycles. The van der Waals surface area contributed by atoms with E-state index in [9.17, 15) is 34.7 Å². The number of anilines is 3. The number of rotatable bonds is 10. The minimum atomic E-state index is -2.12. The molecule has 4 aliphatic rings. The van der Waals surface area contributed by atoms with E-state index >= 15 is 0 Å². The van der Waals surface area contributed by atoms with Crippen molar-refractivity contribution in [1.29, 1.82) is 0 Å². The van der Waals surface area contributed by atoms with E-state index in [1.165, 1.54) is 23.1 Å². The summed E-state index contributed by atoms with van der Waals surface area (Å²) in [6, 6.07) is 21.2. The molecule has 13 heteroatoms. The third-order valence-electron chi connectivity index (χ3n) is 11.3. The zero-order chi connectivity index (χ0) is 36.6. The Morgan fingerprint density at radius 3 is 2.46 bits per heavy atom. The first-order valence-electron chi connectivity index (χ1n) is 17.9. The number of non-ortho nitro benzene ring substituents is 1. The van der Waals surface area contributed by atoms with E-state index in [2.05, 4.69) is 10.2 Å². The molecule has 1 spiro atoms. The number of nitrogens with one attached hydrogen (secondary N) is 1. The Kier molecular flexibility index (Phi) is 9.59. The number of nitro groups is 1. The molecule has 3 N–H and O–H groups in total. The zero-order valence-corrected chi connectivity index (χ0v) is 29.2. The second-order valence-electron chi connectivity index (χ2n) is 14.2. The van der Waals surface area contributed by atoms with Gasteiger partial charge in [0, 0.05) is 48.0 Å². The number of likely N-dealkylation sites (tertiary alicyclic amines) is 1. The van der Waals surface area contributed by atoms with Gasteiger partial charge in [0.2, 0.25) is 5.91 Å². The number of amides is 3. The summed E-state index contributed by atoms with van der Waals surface area (Å²) in [6.07, 6.45) is 6.19. The molecule has 13 nitrogen and oxygen atoms in total. The molecule has 4 heterocycles. The van der Waals surface area contributed by atoms with E-state index in [0.29, 0.717) is 31.7 Å². The summed E-state index contributed by atoms with van der Waals surface area (Å²) in [4.78, 5) is 59.4. The van der Waals surface area contributed by atoms with Gasteiger partial charge in [-0.1, -0.05) is 49.4 Å². The monoisotopic (exact) mass is 708 g/mol. The molecule has 3 amide bonds. The highest BCUT2D eigenvalue weighted by molar-refractivity contribution is 6.08. The van der Waals surface area contributed by atoms with Crippen LogP contribution in [0.15, 0.2) is 84.9 Å². The van der Waals surface area contributed by atoms with E-state index in [1.54, 1.807) is 24.0 Å². The average molecular weight is 709 g/mol. The van der Waals surface area contributed by atoms with Gasteiger partial charge in [-0.3, -0.25) is 29.4 Å². The van der Waals surface area contributed by atoms with E-state index in [0.717, 1.165) is 42.9 Å². The number of carbonyl (C=O) groups excluding carboxylic acids is 3. The van der Waals surface area contributed by atoms with Gasteiger partial charge in [0.15, 0.2) is 5.60 Å². The summed E-state index contributed by atoms with van der Waals surface area (Å²) in [5, 5.41) is 36.8. The van der Waals surface area contributed by atoms with E-state index in [1.807, 2.05) is 59.5 Å². The molecule has 272 valence electrons. The second kappa shape index (κ2) is 14.1. The maximum atomic E-state index is 14.2. The Balaban J connectivity index is 1.11. The van der Waals surface area contributed by atoms with Crippen LogP contribution in [-0.2, 0) is 26.5 Å². The second-order valence-corrected chi connectivity index (χ2v) is 14.2. The van der Waals surface area contributed by atoms with Crippen molar-refractivity contribution in [3.05, 3.63) is 106 Å². The minimum Gasteiger partial charge on any atom is -0.394 e. The number of piperidine rings is 1. The molecule has 0 bridgehead atoms. The number of para-hydroxylation sites is 1. The lowest BCUT2D eigenvalue weighted by Crippen LogP contribution is -2.55. The fourth-order valence-electron chi connectivity index (χ4n) is 8.32. The Labute approximate surface area is 302 Å². The van der Waals surface area contributed by atoms with Gasteiger partial charge in [0.05, 0.1) is 36.5 Å². The SMILES string of the molecule is C[C@H](/C=C/CC(=O)N1CCC[C@H]1CO)[C@@]1(O)C(=O)N(Cc2ccc(N3CN(c4ccccc4)C4(CCNCC4)C3=O)cc2)c2ccc([N+](=O)[O-])cc21. The molecule has 0 aliphatic carbocycles. The van der Waals surface area contributed by atoms with Crippen LogP contribution in [0.1, 0.15) is 50.2 Å². The third kappa shape index (κ3) is 6.02. The van der Waals surface area contributed by atoms with E-state index < -0.39 is 27.9 Å². The van der Waals surface area contributed by atoms with Crippen molar-refractivity contribution in [1.82, 2.24) is 10.2 Å². The van der Waals surface area contributed by atoms with Gasteiger partial charge in [-0.05, 0) is 74.7 Å². The van der Waals surface area contributed by atoms with Crippen LogP contribution in [0.2, 0.25) is 0 Å². The maximum absolute atomic E-state index is 14.2. The van der Waals surface area contributed by atoms with Crippen molar-refractivity contribution < 1.29 is 29.5 Å². The highest BCUT2D eigenvalue weighted by Crippen LogP contribution is 2.47. The van der Waals surface area contributed by atoms with Crippen molar-refractivity contribution >= 4 is 40.5 Å². The van der Waals surface area contributed by atoms with Gasteiger partial charge >= 0.3 is 0 Å². The smallest absolute Gasteiger partial charge is 0.269 e. The Hall–Kier alpha value is -5.11. The molecule has 0 radical (unpaired) electrons. The lowest BCUT2D eigenvalue weighted by molar-refractivity contribution is -0.385. The van der Waals surface area contributed by atoms with Gasteiger partial charge < -0.3 is 30.2 Å². The van der Waals surface area contributed by atoms with Crippen LogP contribution in [0.5, 0.6) is 0 Å². The third-order valence-corrected chi connectivity index (χ3v) is 11.3. The van der Waals surface area contributed by atoms with E-state index in [-0.39, 0.29) is 48.7 Å². The van der Waals surface area contributed by atoms with Crippen LogP contribution < -0.4 is 20.0 Å². The van der Waals surface area contributed by atoms with Gasteiger partial charge in [-0.2, -0.15) is 0 Å². The minimum absolute atomic E-state index is 0.0314. The van der Waals surface area contributed by atoms with E-state index in [4.69, 9.17) is 0 Å². The lowest BCUT2D eigenvalue weighted by atomic mass is 9.82. The molecule has 0 saturated carbocycles. The fourth-order valence-corrected chi connectivity index (χ4v) is 8.32. The molecule has 0 unspecified atom stereocenters. The first-order valence-corrected chi connectivity index (χ1v) is 17.9. The molecular weight excluding hydrogens is 664 g/mol. The molecule has 52 heavy (non-hydrogen) atoms. The molecule has 3 fully saturated rings. The van der Waals surface area contributed by atoms with Crippen molar-refractivity contribution in [3.63, 3.8) is 0 Å². The summed E-state index contributed by atoms with van der Waals surface area (Å²) in [5.41, 5.74) is -0.0481. The number of benzene rings is 3. The highest BCUT2D eigenvalue weighted by Gasteiger charge is 2.54. The van der Waals surface area contributed by atoms with Crippen LogP contribution in [-0.4, -0.2) is 82.2 Å². The molecule has 7 rings (SSSR count). The first-order chi connectivity index (χ1) is 25.1. The molecule has 3 atom stereocenters. The Morgan fingerprint density at radius 2 is 1.77 bits per heavy atom. The average Bonchev–Trinajstić information content (AvgIpc) is 3.82. The summed E-state index contributed by atoms with van der Waals surface area (Å²) in [5.74, 6) is -1.56. The normalized spacial score (nSPS) is 23.2. The number of hydrogen-bond donors (Lipinski definition) is 3. The summed E-state index contributed by atoms with van der Waals surface area (Å²) in [6.45, 7) is 4.10. The largest absolute Gasteiger partial charge is 0.394 e. The number of carbonyl (C=O) groups is 3. The molecule has 4 aliphatic heterocycles. The highest BCUT2D eigenvalue weighted by atomic mass is 16.6. The lowest BCUT2D eigenvalue weighted by Gasteiger charge is -2.39. The molecule has 3 saturated heterocycles. The summed E-state index contributed by atoms with van der Waals surface area (Å²) in [7, 11) is 0. The van der Waals surface area contributed by atoms with Crippen molar-refractivity contribution in [2.45, 2.75) is 62.8 Å². The van der Waals surface area contributed by atoms with Gasteiger partial charge in [-0.25, -0.2) is 0 Å². The number of aliphatic hydroxyl groups excluding tert-OH is 1.